The average molecular weight is 470 g/mol. The number of nitrogens with zero attached hydrogens (tertiary/aromatic N) is 1. The van der Waals surface area contributed by atoms with E-state index in [1.165, 1.54) is 19.2 Å². The van der Waals surface area contributed by atoms with Crippen LogP contribution in [0.1, 0.15) is 51.9 Å². The predicted octanol–water partition coefficient (Wildman–Crippen LogP) is 0.138. The first kappa shape index (κ1) is 25.3. The summed E-state index contributed by atoms with van der Waals surface area (Å²) >= 11 is 0. The molecule has 1 aliphatic carbocycles. The van der Waals surface area contributed by atoms with Crippen molar-refractivity contribution >= 4 is 39.7 Å². The van der Waals surface area contributed by atoms with Crippen LogP contribution in [0.25, 0.3) is 0 Å². The molecule has 1 fully saturated rings. The molecule has 0 spiro atoms. The highest BCUT2D eigenvalue weighted by Gasteiger charge is 2.28. The molecule has 13 heteroatoms. The summed E-state index contributed by atoms with van der Waals surface area (Å²) in [6.45, 7) is 1.54. The van der Waals surface area contributed by atoms with Gasteiger partial charge in [0, 0.05) is 25.7 Å². The van der Waals surface area contributed by atoms with Crippen molar-refractivity contribution in [3.8, 4) is 0 Å². The minimum Gasteiger partial charge on any atom is -0.370 e. The molecule has 1 aliphatic rings. The predicted molar refractivity (Wildman–Crippen MR) is 122 cm³/mol. The van der Waals surface area contributed by atoms with E-state index in [0.29, 0.717) is 32.1 Å². The van der Waals surface area contributed by atoms with Crippen molar-refractivity contribution in [1.29, 1.82) is 5.41 Å². The molecule has 1 amide bonds. The minimum absolute atomic E-state index is 0.0214. The van der Waals surface area contributed by atoms with E-state index >= 15 is 0 Å². The molecule has 0 aromatic carbocycles. The van der Waals surface area contributed by atoms with E-state index in [-0.39, 0.29) is 29.8 Å². The second kappa shape index (κ2) is 11.6. The van der Waals surface area contributed by atoms with Gasteiger partial charge in [0.15, 0.2) is 5.96 Å². The number of hydrogen-bond acceptors (Lipinski definition) is 6. The van der Waals surface area contributed by atoms with E-state index in [0.717, 1.165) is 24.2 Å². The molecule has 2 rings (SSSR count). The van der Waals surface area contributed by atoms with Gasteiger partial charge in [-0.15, -0.1) is 0 Å². The van der Waals surface area contributed by atoms with Gasteiger partial charge in [0.2, 0.25) is 5.91 Å². The van der Waals surface area contributed by atoms with E-state index in [1.54, 1.807) is 0 Å². The molecule has 1 saturated carbocycles. The molecule has 12 nitrogen and oxygen atoms in total. The van der Waals surface area contributed by atoms with E-state index in [4.69, 9.17) is 11.1 Å². The summed E-state index contributed by atoms with van der Waals surface area (Å²) in [5.41, 5.74) is 4.12. The molecule has 178 valence electrons. The van der Waals surface area contributed by atoms with E-state index in [2.05, 4.69) is 19.7 Å². The Morgan fingerprint density at radius 1 is 1.38 bits per heavy atom. The molecule has 1 aromatic rings. The number of amides is 1. The molecule has 32 heavy (non-hydrogen) atoms. The Labute approximate surface area is 187 Å². The fourth-order valence-electron chi connectivity index (χ4n) is 3.75. The Kier molecular flexibility index (Phi) is 9.20. The number of pyridine rings is 1. The van der Waals surface area contributed by atoms with Crippen LogP contribution in [0.4, 0.5) is 11.4 Å². The number of aldehydes is 1. The van der Waals surface area contributed by atoms with Crippen molar-refractivity contribution in [3.05, 3.63) is 22.6 Å². The van der Waals surface area contributed by atoms with Crippen LogP contribution in [-0.4, -0.2) is 50.2 Å². The smallest absolute Gasteiger partial charge is 0.299 e. The molecule has 0 unspecified atom stereocenters. The molecule has 1 aromatic heterocycles. The van der Waals surface area contributed by atoms with Gasteiger partial charge in [0.25, 0.3) is 15.8 Å². The summed E-state index contributed by atoms with van der Waals surface area (Å²) in [5.74, 6) is -0.749. The fourth-order valence-corrected chi connectivity index (χ4v) is 4.94. The normalized spacial score (nSPS) is 15.5. The number of aromatic nitrogens is 1. The SMILES string of the molecule is CC(=O)N(c1cc[nH]c(=O)c1NS(=O)(=O)NC1CCCCC1)[C@H](C=O)CCCNC(=N)N. The summed E-state index contributed by atoms with van der Waals surface area (Å²) in [7, 11) is -4.10. The number of nitrogens with one attached hydrogen (secondary N) is 5. The third kappa shape index (κ3) is 7.34. The zero-order valence-corrected chi connectivity index (χ0v) is 18.8. The van der Waals surface area contributed by atoms with Crippen LogP contribution in [0.2, 0.25) is 0 Å². The summed E-state index contributed by atoms with van der Waals surface area (Å²) in [4.78, 5) is 40.2. The van der Waals surface area contributed by atoms with Gasteiger partial charge < -0.3 is 25.7 Å². The van der Waals surface area contributed by atoms with Gasteiger partial charge in [-0.1, -0.05) is 19.3 Å². The largest absolute Gasteiger partial charge is 0.370 e. The van der Waals surface area contributed by atoms with Gasteiger partial charge in [-0.3, -0.25) is 19.7 Å². The van der Waals surface area contributed by atoms with Crippen LogP contribution >= 0.6 is 0 Å². The zero-order chi connectivity index (χ0) is 23.7. The van der Waals surface area contributed by atoms with Crippen LogP contribution in [0.15, 0.2) is 17.1 Å². The lowest BCUT2D eigenvalue weighted by atomic mass is 9.96. The maximum Gasteiger partial charge on any atom is 0.299 e. The lowest BCUT2D eigenvalue weighted by Crippen LogP contribution is -2.44. The fraction of sp³-hybridized carbons (Fsp3) is 0.579. The Balaban J connectivity index is 2.28. The molecule has 1 atom stereocenters. The Hall–Kier alpha value is -2.93. The quantitative estimate of drug-likeness (QED) is 0.115. The summed E-state index contributed by atoms with van der Waals surface area (Å²) < 4.78 is 30.2. The number of carbonyl (C=O) groups excluding carboxylic acids is 2. The van der Waals surface area contributed by atoms with Crippen LogP contribution in [0, 0.1) is 5.41 Å². The topological polar surface area (TPSA) is 190 Å². The minimum atomic E-state index is -4.10. The summed E-state index contributed by atoms with van der Waals surface area (Å²) in [6.07, 6.45) is 6.76. The van der Waals surface area contributed by atoms with Gasteiger partial charge >= 0.3 is 0 Å². The molecule has 0 aliphatic heterocycles. The van der Waals surface area contributed by atoms with Crippen LogP contribution in [0.3, 0.4) is 0 Å². The third-order valence-corrected chi connectivity index (χ3v) is 6.30. The van der Waals surface area contributed by atoms with Gasteiger partial charge in [0.1, 0.15) is 12.0 Å². The third-order valence-electron chi connectivity index (χ3n) is 5.18. The number of rotatable bonds is 11. The average Bonchev–Trinajstić information content (AvgIpc) is 2.72. The Morgan fingerprint density at radius 3 is 2.66 bits per heavy atom. The molecular formula is C19H31N7O5S. The highest BCUT2D eigenvalue weighted by Crippen LogP contribution is 2.26. The maximum atomic E-state index is 12.7. The van der Waals surface area contributed by atoms with E-state index in [9.17, 15) is 22.8 Å². The molecule has 0 bridgehead atoms. The van der Waals surface area contributed by atoms with Crippen molar-refractivity contribution in [2.75, 3.05) is 16.2 Å². The number of aromatic amines is 1. The highest BCUT2D eigenvalue weighted by atomic mass is 32.2. The van der Waals surface area contributed by atoms with Crippen molar-refractivity contribution in [2.24, 2.45) is 5.73 Å². The zero-order valence-electron chi connectivity index (χ0n) is 18.0. The lowest BCUT2D eigenvalue weighted by Gasteiger charge is -2.29. The second-order valence-corrected chi connectivity index (χ2v) is 9.15. The van der Waals surface area contributed by atoms with Gasteiger partial charge in [0.05, 0.1) is 11.7 Å². The molecule has 1 heterocycles. The highest BCUT2D eigenvalue weighted by molar-refractivity contribution is 7.90. The Bertz CT molecular complexity index is 973. The van der Waals surface area contributed by atoms with Crippen molar-refractivity contribution in [3.63, 3.8) is 0 Å². The second-order valence-electron chi connectivity index (χ2n) is 7.70. The van der Waals surface area contributed by atoms with Gasteiger partial charge in [-0.25, -0.2) is 0 Å². The number of nitrogens with two attached hydrogens (primary N) is 1. The van der Waals surface area contributed by atoms with Crippen molar-refractivity contribution in [1.82, 2.24) is 15.0 Å². The molecular weight excluding hydrogens is 438 g/mol. The first-order valence-electron chi connectivity index (χ1n) is 10.5. The maximum absolute atomic E-state index is 12.7. The standard InChI is InChI=1S/C19H31N7O5S/c1-13(28)26(15(12-27)8-5-10-23-19(20)21)16-9-11-22-18(29)17(16)25-32(30,31)24-14-6-3-2-4-7-14/h9,11-12,14-15,24-25H,2-8,10H2,1H3,(H,22,29)(H4,20,21,23)/t15-/m0/s1. The molecule has 7 N–H and O–H groups in total. The van der Waals surface area contributed by atoms with Crippen LogP contribution in [-0.2, 0) is 19.8 Å². The number of anilines is 2. The van der Waals surface area contributed by atoms with Crippen molar-refractivity contribution in [2.45, 2.75) is 64.0 Å². The summed E-state index contributed by atoms with van der Waals surface area (Å²) in [6, 6.07) is 0.191. The number of hydrogen-bond donors (Lipinski definition) is 6. The Morgan fingerprint density at radius 2 is 2.06 bits per heavy atom. The van der Waals surface area contributed by atoms with Crippen LogP contribution in [0.5, 0.6) is 0 Å². The van der Waals surface area contributed by atoms with Crippen LogP contribution < -0.4 is 31.0 Å². The summed E-state index contributed by atoms with van der Waals surface area (Å²) in [5, 5.41) is 9.77. The number of carbonyl (C=O) groups is 2. The first-order valence-corrected chi connectivity index (χ1v) is 12.0. The van der Waals surface area contributed by atoms with Crippen molar-refractivity contribution < 1.29 is 18.0 Å². The number of H-pyrrole nitrogens is 1. The first-order chi connectivity index (χ1) is 15.1. The monoisotopic (exact) mass is 469 g/mol. The van der Waals surface area contributed by atoms with E-state index in [1.807, 2.05) is 0 Å². The lowest BCUT2D eigenvalue weighted by molar-refractivity contribution is -0.119. The van der Waals surface area contributed by atoms with Gasteiger partial charge in [-0.05, 0) is 31.7 Å². The molecule has 0 radical (unpaired) electrons. The van der Waals surface area contributed by atoms with Gasteiger partial charge in [-0.2, -0.15) is 13.1 Å². The molecule has 0 saturated heterocycles. The number of guanidine groups is 1. The van der Waals surface area contributed by atoms with E-state index < -0.39 is 27.7 Å².